The monoisotopic (exact) mass is 631 g/mol. The molecule has 226 valence electrons. The summed E-state index contributed by atoms with van der Waals surface area (Å²) in [5, 5.41) is 3.66. The van der Waals surface area contributed by atoms with Gasteiger partial charge in [-0.25, -0.2) is 4.98 Å². The SMILES string of the molecule is COc1cc(NC(=O)c2ccccc2Cl)ccc1C(=O)N1CCCC(CC(=O)N(C)c2cnc(C)cn2)c2cc(Cl)ccc21. The smallest absolute Gasteiger partial charge is 0.262 e. The molecule has 44 heavy (non-hydrogen) atoms. The number of fused-ring (bicyclic) bond motifs is 1. The third-order valence-corrected chi connectivity index (χ3v) is 8.18. The molecule has 0 radical (unpaired) electrons. The number of nitrogens with zero attached hydrogens (tertiary/aromatic N) is 4. The number of anilines is 3. The molecule has 1 atom stereocenters. The van der Waals surface area contributed by atoms with Crippen molar-refractivity contribution in [2.75, 3.05) is 35.8 Å². The third-order valence-electron chi connectivity index (χ3n) is 7.61. The predicted molar refractivity (Wildman–Crippen MR) is 172 cm³/mol. The van der Waals surface area contributed by atoms with E-state index in [9.17, 15) is 14.4 Å². The fourth-order valence-electron chi connectivity index (χ4n) is 5.26. The largest absolute Gasteiger partial charge is 0.496 e. The van der Waals surface area contributed by atoms with Crippen molar-refractivity contribution < 1.29 is 19.1 Å². The highest BCUT2D eigenvalue weighted by Crippen LogP contribution is 2.40. The van der Waals surface area contributed by atoms with Gasteiger partial charge in [-0.15, -0.1) is 0 Å². The Morgan fingerprint density at radius 2 is 1.82 bits per heavy atom. The molecule has 0 saturated carbocycles. The van der Waals surface area contributed by atoms with Gasteiger partial charge in [-0.05, 0) is 73.7 Å². The molecule has 1 aliphatic rings. The Balaban J connectivity index is 1.39. The molecule has 5 rings (SSSR count). The van der Waals surface area contributed by atoms with Crippen LogP contribution in [0.1, 0.15) is 57.2 Å². The van der Waals surface area contributed by atoms with E-state index < -0.39 is 0 Å². The number of nitrogens with one attached hydrogen (secondary N) is 1. The van der Waals surface area contributed by atoms with Gasteiger partial charge < -0.3 is 15.0 Å². The molecule has 11 heteroatoms. The zero-order chi connectivity index (χ0) is 31.4. The van der Waals surface area contributed by atoms with Crippen LogP contribution >= 0.6 is 23.2 Å². The summed E-state index contributed by atoms with van der Waals surface area (Å²) in [6, 6.07) is 17.0. The topological polar surface area (TPSA) is 105 Å². The number of methoxy groups -OCH3 is 1. The first-order valence-electron chi connectivity index (χ1n) is 14.1. The lowest BCUT2D eigenvalue weighted by atomic mass is 9.90. The normalized spacial score (nSPS) is 14.3. The Labute approximate surface area is 265 Å². The molecule has 0 saturated heterocycles. The molecule has 4 aromatic rings. The Morgan fingerprint density at radius 3 is 2.55 bits per heavy atom. The van der Waals surface area contributed by atoms with Crippen LogP contribution in [0, 0.1) is 6.92 Å². The van der Waals surface area contributed by atoms with Crippen molar-refractivity contribution >= 4 is 58.1 Å². The van der Waals surface area contributed by atoms with E-state index in [0.29, 0.717) is 63.5 Å². The molecular formula is C33H31Cl2N5O4. The van der Waals surface area contributed by atoms with Gasteiger partial charge in [0.05, 0.1) is 41.3 Å². The minimum atomic E-state index is -0.379. The van der Waals surface area contributed by atoms with Crippen molar-refractivity contribution in [2.45, 2.75) is 32.1 Å². The summed E-state index contributed by atoms with van der Waals surface area (Å²) in [5.41, 5.74) is 3.39. The third kappa shape index (κ3) is 6.69. The molecule has 1 aliphatic heterocycles. The quantitative estimate of drug-likeness (QED) is 0.237. The molecule has 3 aromatic carbocycles. The molecule has 0 aliphatic carbocycles. The first-order chi connectivity index (χ1) is 21.2. The molecule has 1 unspecified atom stereocenters. The number of rotatable bonds is 7. The van der Waals surface area contributed by atoms with Gasteiger partial charge in [-0.1, -0.05) is 35.3 Å². The minimum absolute atomic E-state index is 0.116. The highest BCUT2D eigenvalue weighted by molar-refractivity contribution is 6.34. The number of hydrogen-bond donors (Lipinski definition) is 1. The van der Waals surface area contributed by atoms with E-state index in [2.05, 4.69) is 15.3 Å². The van der Waals surface area contributed by atoms with Crippen molar-refractivity contribution in [2.24, 2.45) is 0 Å². The Hall–Kier alpha value is -4.47. The van der Waals surface area contributed by atoms with Crippen molar-refractivity contribution in [3.63, 3.8) is 0 Å². The van der Waals surface area contributed by atoms with E-state index in [-0.39, 0.29) is 30.1 Å². The van der Waals surface area contributed by atoms with Crippen LogP contribution in [0.2, 0.25) is 10.0 Å². The lowest BCUT2D eigenvalue weighted by molar-refractivity contribution is -0.118. The maximum absolute atomic E-state index is 14.0. The number of ether oxygens (including phenoxy) is 1. The molecule has 3 amide bonds. The number of hydrogen-bond acceptors (Lipinski definition) is 6. The van der Waals surface area contributed by atoms with Crippen molar-refractivity contribution in [1.29, 1.82) is 0 Å². The Morgan fingerprint density at radius 1 is 1.02 bits per heavy atom. The van der Waals surface area contributed by atoms with Crippen molar-refractivity contribution in [3.8, 4) is 5.75 Å². The fraction of sp³-hybridized carbons (Fsp3) is 0.242. The van der Waals surface area contributed by atoms with Gasteiger partial charge in [0.2, 0.25) is 5.91 Å². The zero-order valence-corrected chi connectivity index (χ0v) is 26.0. The van der Waals surface area contributed by atoms with Gasteiger partial charge in [0.1, 0.15) is 5.75 Å². The molecule has 0 bridgehead atoms. The summed E-state index contributed by atoms with van der Waals surface area (Å²) in [6.07, 6.45) is 4.76. The highest BCUT2D eigenvalue weighted by atomic mass is 35.5. The summed E-state index contributed by atoms with van der Waals surface area (Å²) in [7, 11) is 3.15. The average molecular weight is 633 g/mol. The summed E-state index contributed by atoms with van der Waals surface area (Å²) in [5.74, 6) is -0.159. The lowest BCUT2D eigenvalue weighted by Gasteiger charge is -2.26. The maximum atomic E-state index is 14.0. The molecule has 1 N–H and O–H groups in total. The molecule has 0 fully saturated rings. The van der Waals surface area contributed by atoms with Crippen LogP contribution in [-0.4, -0.2) is 48.4 Å². The van der Waals surface area contributed by atoms with E-state index in [1.165, 1.54) is 12.0 Å². The Bertz CT molecular complexity index is 1710. The van der Waals surface area contributed by atoms with Gasteiger partial charge in [0.25, 0.3) is 11.8 Å². The van der Waals surface area contributed by atoms with Crippen LogP contribution in [-0.2, 0) is 4.79 Å². The molecule has 0 spiro atoms. The van der Waals surface area contributed by atoms with E-state index in [0.717, 1.165) is 11.3 Å². The number of carbonyl (C=O) groups excluding carboxylic acids is 3. The number of benzene rings is 3. The van der Waals surface area contributed by atoms with Crippen molar-refractivity contribution in [3.05, 3.63) is 105 Å². The van der Waals surface area contributed by atoms with E-state index in [1.54, 1.807) is 72.9 Å². The predicted octanol–water partition coefficient (Wildman–Crippen LogP) is 6.93. The first-order valence-corrected chi connectivity index (χ1v) is 14.8. The zero-order valence-electron chi connectivity index (χ0n) is 24.5. The number of carbonyl (C=O) groups is 3. The average Bonchev–Trinajstić information content (AvgIpc) is 3.19. The summed E-state index contributed by atoms with van der Waals surface area (Å²) < 4.78 is 5.59. The van der Waals surface area contributed by atoms with Crippen LogP contribution in [0.25, 0.3) is 0 Å². The Kier molecular flexibility index (Phi) is 9.46. The van der Waals surface area contributed by atoms with E-state index in [4.69, 9.17) is 27.9 Å². The second kappa shape index (κ2) is 13.4. The van der Waals surface area contributed by atoms with Crippen LogP contribution in [0.5, 0.6) is 5.75 Å². The van der Waals surface area contributed by atoms with E-state index >= 15 is 0 Å². The fourth-order valence-corrected chi connectivity index (χ4v) is 5.66. The number of aromatic nitrogens is 2. The van der Waals surface area contributed by atoms with Crippen molar-refractivity contribution in [1.82, 2.24) is 9.97 Å². The maximum Gasteiger partial charge on any atom is 0.262 e. The molecular weight excluding hydrogens is 601 g/mol. The lowest BCUT2D eigenvalue weighted by Crippen LogP contribution is -2.32. The van der Waals surface area contributed by atoms with Crippen LogP contribution in [0.3, 0.4) is 0 Å². The second-order valence-electron chi connectivity index (χ2n) is 10.5. The minimum Gasteiger partial charge on any atom is -0.496 e. The number of amides is 3. The number of halogens is 2. The standard InChI is InChI=1S/C33H31Cl2N5O4/c1-20-18-37-30(19-36-20)39(2)31(41)15-21-7-6-14-40(28-13-10-22(34)16-26(21)28)33(43)25-12-11-23(17-29(25)44-3)38-32(42)24-8-4-5-9-27(24)35/h4-5,8-13,16-19,21H,6-7,14-15H2,1-3H3,(H,38,42). The second-order valence-corrected chi connectivity index (χ2v) is 11.4. The summed E-state index contributed by atoms with van der Waals surface area (Å²) in [6.45, 7) is 2.27. The summed E-state index contributed by atoms with van der Waals surface area (Å²) >= 11 is 12.6. The molecule has 2 heterocycles. The van der Waals surface area contributed by atoms with Gasteiger partial charge in [0, 0.05) is 42.5 Å². The van der Waals surface area contributed by atoms with Crippen LogP contribution in [0.15, 0.2) is 73.1 Å². The van der Waals surface area contributed by atoms with Gasteiger partial charge >= 0.3 is 0 Å². The van der Waals surface area contributed by atoms with Gasteiger partial charge in [0.15, 0.2) is 5.82 Å². The van der Waals surface area contributed by atoms with E-state index in [1.807, 2.05) is 19.1 Å². The first kappa shape index (κ1) is 31.0. The summed E-state index contributed by atoms with van der Waals surface area (Å²) in [4.78, 5) is 51.9. The van der Waals surface area contributed by atoms with Gasteiger partial charge in [-0.2, -0.15) is 0 Å². The molecule has 9 nitrogen and oxygen atoms in total. The molecule has 1 aromatic heterocycles. The van der Waals surface area contributed by atoms with Gasteiger partial charge in [-0.3, -0.25) is 24.3 Å². The highest BCUT2D eigenvalue weighted by Gasteiger charge is 2.31. The van der Waals surface area contributed by atoms with Crippen LogP contribution in [0.4, 0.5) is 17.2 Å². The van der Waals surface area contributed by atoms with Crippen LogP contribution < -0.4 is 19.9 Å². The number of aryl methyl sites for hydroxylation is 1.